The quantitative estimate of drug-likeness (QED) is 0.268. The van der Waals surface area contributed by atoms with Gasteiger partial charge in [-0.2, -0.15) is 0 Å². The van der Waals surface area contributed by atoms with E-state index in [1.807, 2.05) is 48.6 Å². The molecule has 0 atom stereocenters. The summed E-state index contributed by atoms with van der Waals surface area (Å²) < 4.78 is 16.2. The molecule has 0 heterocycles. The fourth-order valence-electron chi connectivity index (χ4n) is 3.09. The highest BCUT2D eigenvalue weighted by molar-refractivity contribution is 6.04. The summed E-state index contributed by atoms with van der Waals surface area (Å²) in [7, 11) is 4.73. The highest BCUT2D eigenvalue weighted by atomic mass is 16.5. The van der Waals surface area contributed by atoms with E-state index in [4.69, 9.17) is 14.2 Å². The zero-order valence-corrected chi connectivity index (χ0v) is 18.2. The van der Waals surface area contributed by atoms with Gasteiger partial charge in [0.25, 0.3) is 0 Å². The first-order valence-corrected chi connectivity index (χ1v) is 9.89. The Bertz CT molecular complexity index is 1110. The maximum absolute atomic E-state index is 12.3. The van der Waals surface area contributed by atoms with Crippen LogP contribution in [0.25, 0.3) is 12.2 Å². The Hall–Kier alpha value is -4.19. The van der Waals surface area contributed by atoms with Gasteiger partial charge in [-0.1, -0.05) is 30.4 Å². The molecule has 0 saturated heterocycles. The predicted molar refractivity (Wildman–Crippen MR) is 127 cm³/mol. The molecular weight excluding hydrogens is 406 g/mol. The van der Waals surface area contributed by atoms with E-state index < -0.39 is 0 Å². The number of ketones is 1. The number of aromatic hydroxyl groups is 1. The monoisotopic (exact) mass is 431 g/mol. The lowest BCUT2D eigenvalue weighted by molar-refractivity contribution is 0.104. The molecule has 2 N–H and O–H groups in total. The lowest BCUT2D eigenvalue weighted by Gasteiger charge is -2.13. The maximum Gasteiger partial charge on any atom is 0.203 e. The number of rotatable bonds is 9. The minimum Gasteiger partial charge on any atom is -0.508 e. The number of ether oxygens (including phenoxy) is 3. The number of methoxy groups -OCH3 is 3. The van der Waals surface area contributed by atoms with Gasteiger partial charge in [-0.15, -0.1) is 0 Å². The standard InChI is InChI=1S/C26H25NO5/c1-30-24-16-18(17-25(31-2)26(24)32-3)8-9-19-6-4-5-7-22(19)27-15-14-23(29)20-10-12-21(28)13-11-20/h4-17,27-28H,1-3H3/b9-8-,15-14-. The van der Waals surface area contributed by atoms with Crippen molar-refractivity contribution >= 4 is 23.6 Å². The molecule has 6 nitrogen and oxygen atoms in total. The second-order valence-electron chi connectivity index (χ2n) is 6.77. The molecule has 0 fully saturated rings. The first kappa shape index (κ1) is 22.5. The molecular formula is C26H25NO5. The summed E-state index contributed by atoms with van der Waals surface area (Å²) in [4.78, 5) is 12.3. The summed E-state index contributed by atoms with van der Waals surface area (Å²) in [5.74, 6) is 1.65. The maximum atomic E-state index is 12.3. The summed E-state index contributed by atoms with van der Waals surface area (Å²) in [5, 5.41) is 12.5. The van der Waals surface area contributed by atoms with Gasteiger partial charge in [0.1, 0.15) is 5.75 Å². The van der Waals surface area contributed by atoms with E-state index in [1.54, 1.807) is 39.7 Å². The molecule has 3 aromatic rings. The van der Waals surface area contributed by atoms with E-state index in [0.717, 1.165) is 16.8 Å². The minimum absolute atomic E-state index is 0.122. The lowest BCUT2D eigenvalue weighted by Crippen LogP contribution is -1.97. The van der Waals surface area contributed by atoms with Crippen LogP contribution in [0.5, 0.6) is 23.0 Å². The van der Waals surface area contributed by atoms with Gasteiger partial charge in [-0.05, 0) is 53.6 Å². The van der Waals surface area contributed by atoms with Gasteiger partial charge < -0.3 is 24.6 Å². The highest BCUT2D eigenvalue weighted by Gasteiger charge is 2.12. The van der Waals surface area contributed by atoms with Crippen LogP contribution in [-0.2, 0) is 0 Å². The van der Waals surface area contributed by atoms with Crippen molar-refractivity contribution < 1.29 is 24.1 Å². The third-order valence-electron chi connectivity index (χ3n) is 4.73. The highest BCUT2D eigenvalue weighted by Crippen LogP contribution is 2.38. The van der Waals surface area contributed by atoms with Crippen LogP contribution in [0.1, 0.15) is 21.5 Å². The number of allylic oxidation sites excluding steroid dienone is 1. The molecule has 0 amide bonds. The fourth-order valence-corrected chi connectivity index (χ4v) is 3.09. The van der Waals surface area contributed by atoms with Gasteiger partial charge in [0.15, 0.2) is 17.3 Å². The third kappa shape index (κ3) is 5.49. The second kappa shape index (κ2) is 10.7. The number of carbonyl (C=O) groups excluding carboxylic acids is 1. The molecule has 0 aromatic heterocycles. The van der Waals surface area contributed by atoms with E-state index in [0.29, 0.717) is 22.8 Å². The fraction of sp³-hybridized carbons (Fsp3) is 0.115. The predicted octanol–water partition coefficient (Wildman–Crippen LogP) is 5.40. The van der Waals surface area contributed by atoms with Gasteiger partial charge in [0.05, 0.1) is 21.3 Å². The molecule has 164 valence electrons. The zero-order chi connectivity index (χ0) is 22.9. The molecule has 0 aliphatic rings. The number of anilines is 1. The van der Waals surface area contributed by atoms with E-state index in [1.165, 1.54) is 18.2 Å². The van der Waals surface area contributed by atoms with E-state index >= 15 is 0 Å². The summed E-state index contributed by atoms with van der Waals surface area (Å²) in [6.45, 7) is 0. The lowest BCUT2D eigenvalue weighted by atomic mass is 10.1. The largest absolute Gasteiger partial charge is 0.508 e. The van der Waals surface area contributed by atoms with Crippen molar-refractivity contribution in [2.24, 2.45) is 0 Å². The zero-order valence-electron chi connectivity index (χ0n) is 18.2. The van der Waals surface area contributed by atoms with Crippen molar-refractivity contribution in [1.82, 2.24) is 0 Å². The number of phenolic OH excluding ortho intramolecular Hbond substituents is 1. The van der Waals surface area contributed by atoms with E-state index in [9.17, 15) is 9.90 Å². The molecule has 0 aliphatic heterocycles. The number of hydrogen-bond donors (Lipinski definition) is 2. The average Bonchev–Trinajstić information content (AvgIpc) is 2.82. The van der Waals surface area contributed by atoms with Crippen molar-refractivity contribution in [1.29, 1.82) is 0 Å². The van der Waals surface area contributed by atoms with Gasteiger partial charge in [0, 0.05) is 23.5 Å². The van der Waals surface area contributed by atoms with Crippen molar-refractivity contribution in [3.8, 4) is 23.0 Å². The molecule has 0 unspecified atom stereocenters. The summed E-state index contributed by atoms with van der Waals surface area (Å²) in [6.07, 6.45) is 6.95. The molecule has 3 aromatic carbocycles. The summed E-state index contributed by atoms with van der Waals surface area (Å²) in [6, 6.07) is 17.6. The summed E-state index contributed by atoms with van der Waals surface area (Å²) >= 11 is 0. The molecule has 32 heavy (non-hydrogen) atoms. The molecule has 0 bridgehead atoms. The number of carbonyl (C=O) groups is 1. The molecule has 0 radical (unpaired) electrons. The van der Waals surface area contributed by atoms with Crippen molar-refractivity contribution in [2.45, 2.75) is 0 Å². The Morgan fingerprint density at radius 2 is 1.53 bits per heavy atom. The number of benzene rings is 3. The second-order valence-corrected chi connectivity index (χ2v) is 6.77. The van der Waals surface area contributed by atoms with E-state index in [2.05, 4.69) is 5.32 Å². The van der Waals surface area contributed by atoms with Crippen LogP contribution in [-0.4, -0.2) is 32.2 Å². The topological polar surface area (TPSA) is 77.0 Å². The van der Waals surface area contributed by atoms with Crippen molar-refractivity contribution in [2.75, 3.05) is 26.6 Å². The Balaban J connectivity index is 1.77. The van der Waals surface area contributed by atoms with Crippen LogP contribution in [0, 0.1) is 0 Å². The van der Waals surface area contributed by atoms with Crippen LogP contribution < -0.4 is 19.5 Å². The van der Waals surface area contributed by atoms with Gasteiger partial charge >= 0.3 is 0 Å². The van der Waals surface area contributed by atoms with E-state index in [-0.39, 0.29) is 11.5 Å². The van der Waals surface area contributed by atoms with Crippen LogP contribution in [0.4, 0.5) is 5.69 Å². The molecule has 6 heteroatoms. The first-order valence-electron chi connectivity index (χ1n) is 9.89. The SMILES string of the molecule is COc1cc(/C=C\c2ccccc2N/C=C\C(=O)c2ccc(O)cc2)cc(OC)c1OC. The number of phenols is 1. The van der Waals surface area contributed by atoms with Crippen molar-refractivity contribution in [3.05, 3.63) is 89.6 Å². The van der Waals surface area contributed by atoms with Crippen LogP contribution >= 0.6 is 0 Å². The van der Waals surface area contributed by atoms with Gasteiger partial charge in [0.2, 0.25) is 5.75 Å². The number of para-hydroxylation sites is 1. The molecule has 0 spiro atoms. The normalized spacial score (nSPS) is 11.0. The van der Waals surface area contributed by atoms with Crippen LogP contribution in [0.15, 0.2) is 72.9 Å². The Labute approximate surface area is 187 Å². The van der Waals surface area contributed by atoms with Crippen LogP contribution in [0.3, 0.4) is 0 Å². The number of hydrogen-bond acceptors (Lipinski definition) is 6. The van der Waals surface area contributed by atoms with Crippen LogP contribution in [0.2, 0.25) is 0 Å². The summed E-state index contributed by atoms with van der Waals surface area (Å²) in [5.41, 5.74) is 3.15. The molecule has 0 aliphatic carbocycles. The number of nitrogens with one attached hydrogen (secondary N) is 1. The minimum atomic E-state index is -0.164. The van der Waals surface area contributed by atoms with Crippen molar-refractivity contribution in [3.63, 3.8) is 0 Å². The Morgan fingerprint density at radius 3 is 2.16 bits per heavy atom. The first-order chi connectivity index (χ1) is 15.5. The smallest absolute Gasteiger partial charge is 0.203 e. The molecule has 3 rings (SSSR count). The van der Waals surface area contributed by atoms with Gasteiger partial charge in [-0.25, -0.2) is 0 Å². The Morgan fingerprint density at radius 1 is 0.875 bits per heavy atom. The Kier molecular flexibility index (Phi) is 7.54. The average molecular weight is 431 g/mol. The third-order valence-corrected chi connectivity index (χ3v) is 4.73. The van der Waals surface area contributed by atoms with Gasteiger partial charge in [-0.3, -0.25) is 4.79 Å². The molecule has 0 saturated carbocycles.